The van der Waals surface area contributed by atoms with Crippen molar-refractivity contribution in [2.75, 3.05) is 0 Å². The average Bonchev–Trinajstić information content (AvgIpc) is 3.38. The van der Waals surface area contributed by atoms with Crippen molar-refractivity contribution in [1.82, 2.24) is 15.0 Å². The van der Waals surface area contributed by atoms with Crippen LogP contribution >= 0.6 is 0 Å². The molecule has 0 spiro atoms. The zero-order chi connectivity index (χ0) is 42.4. The second-order valence-electron chi connectivity index (χ2n) is 16.2. The SMILES string of the molecule is c1ccc(-c2nc(-c3ccccc3)nc(-c3c(-c4ccccc4)c(-c4ccccc4)c(-c4ccccc4)c(-c4ccccc4)c3-c3ccc4ccc5cccc6ccc3c4c56)n2)cc1. The van der Waals surface area contributed by atoms with E-state index in [1.54, 1.807) is 0 Å². The maximum absolute atomic E-state index is 5.58. The molecule has 0 fully saturated rings. The summed E-state index contributed by atoms with van der Waals surface area (Å²) in [6, 6.07) is 84.4. The summed E-state index contributed by atoms with van der Waals surface area (Å²) in [7, 11) is 0. The topological polar surface area (TPSA) is 38.7 Å². The molecule has 0 atom stereocenters. The average molecular weight is 814 g/mol. The normalized spacial score (nSPS) is 11.4. The number of hydrogen-bond donors (Lipinski definition) is 0. The highest BCUT2D eigenvalue weighted by atomic mass is 15.0. The van der Waals surface area contributed by atoms with E-state index in [4.69, 9.17) is 15.0 Å². The Kier molecular flexibility index (Phi) is 9.16. The predicted molar refractivity (Wildman–Crippen MR) is 267 cm³/mol. The van der Waals surface area contributed by atoms with Crippen molar-refractivity contribution in [3.05, 3.63) is 237 Å². The molecular formula is C61H39N3. The largest absolute Gasteiger partial charge is 0.208 e. The monoisotopic (exact) mass is 813 g/mol. The lowest BCUT2D eigenvalue weighted by Crippen LogP contribution is -2.06. The standard InChI is InChI=1S/C61H39N3/c1-7-20-40(21-8-1)53-54(41-22-9-2-10-23-41)56(43-26-13-4-14-27-43)58(61-63-59(47-28-15-5-16-29-47)62-60(64-61)48-30-17-6-18-31-48)57(55(53)42-24-11-3-12-25-42)50-39-37-46-35-34-44-32-19-33-45-36-38-49(50)52(46)51(44)45/h1-39H. The fourth-order valence-electron chi connectivity index (χ4n) is 9.69. The van der Waals surface area contributed by atoms with Gasteiger partial charge in [0.25, 0.3) is 0 Å². The number of aromatic nitrogens is 3. The highest BCUT2D eigenvalue weighted by molar-refractivity contribution is 6.27. The van der Waals surface area contributed by atoms with E-state index in [0.717, 1.165) is 72.3 Å². The maximum atomic E-state index is 5.58. The van der Waals surface area contributed by atoms with E-state index in [2.05, 4.69) is 200 Å². The van der Waals surface area contributed by atoms with Gasteiger partial charge in [-0.1, -0.05) is 237 Å². The Hall–Kier alpha value is -8.53. The molecule has 64 heavy (non-hydrogen) atoms. The van der Waals surface area contributed by atoms with Gasteiger partial charge in [-0.05, 0) is 76.8 Å². The Morgan fingerprint density at radius 1 is 0.203 bits per heavy atom. The number of benzene rings is 11. The number of nitrogens with zero attached hydrogens (tertiary/aromatic N) is 3. The van der Waals surface area contributed by atoms with Gasteiger partial charge in [0.15, 0.2) is 17.5 Å². The van der Waals surface area contributed by atoms with Crippen LogP contribution in [0.3, 0.4) is 0 Å². The van der Waals surface area contributed by atoms with Crippen LogP contribution in [0.2, 0.25) is 0 Å². The molecule has 11 aromatic carbocycles. The lowest BCUT2D eigenvalue weighted by molar-refractivity contribution is 1.07. The van der Waals surface area contributed by atoms with Crippen LogP contribution in [0.4, 0.5) is 0 Å². The van der Waals surface area contributed by atoms with E-state index < -0.39 is 0 Å². The molecule has 12 rings (SSSR count). The quantitative estimate of drug-likeness (QED) is 0.143. The molecule has 0 aliphatic heterocycles. The van der Waals surface area contributed by atoms with Crippen LogP contribution in [0.25, 0.3) is 122 Å². The second kappa shape index (κ2) is 15.7. The minimum absolute atomic E-state index is 0.598. The first kappa shape index (κ1) is 37.2. The van der Waals surface area contributed by atoms with Gasteiger partial charge in [0, 0.05) is 27.8 Å². The molecule has 0 radical (unpaired) electrons. The fraction of sp³-hybridized carbons (Fsp3) is 0. The Balaban J connectivity index is 1.37. The second-order valence-corrected chi connectivity index (χ2v) is 16.2. The van der Waals surface area contributed by atoms with Crippen molar-refractivity contribution in [2.45, 2.75) is 0 Å². The first-order valence-corrected chi connectivity index (χ1v) is 21.8. The summed E-state index contributed by atoms with van der Waals surface area (Å²) in [6.45, 7) is 0. The Labute approximate surface area is 372 Å². The van der Waals surface area contributed by atoms with Gasteiger partial charge in [0.1, 0.15) is 0 Å². The molecule has 0 amide bonds. The highest BCUT2D eigenvalue weighted by Crippen LogP contribution is 2.57. The first-order chi connectivity index (χ1) is 31.8. The van der Waals surface area contributed by atoms with Gasteiger partial charge < -0.3 is 0 Å². The van der Waals surface area contributed by atoms with Crippen molar-refractivity contribution < 1.29 is 0 Å². The molecule has 0 N–H and O–H groups in total. The van der Waals surface area contributed by atoms with Gasteiger partial charge in [-0.25, -0.2) is 15.0 Å². The lowest BCUT2D eigenvalue weighted by atomic mass is 9.74. The third kappa shape index (κ3) is 6.33. The molecule has 0 saturated heterocycles. The van der Waals surface area contributed by atoms with Crippen molar-refractivity contribution in [2.24, 2.45) is 0 Å². The molecule has 1 aromatic heterocycles. The van der Waals surface area contributed by atoms with Crippen LogP contribution in [0.15, 0.2) is 237 Å². The van der Waals surface area contributed by atoms with Crippen LogP contribution in [0.1, 0.15) is 0 Å². The number of hydrogen-bond acceptors (Lipinski definition) is 3. The van der Waals surface area contributed by atoms with Crippen LogP contribution in [0.5, 0.6) is 0 Å². The van der Waals surface area contributed by atoms with Gasteiger partial charge in [-0.15, -0.1) is 0 Å². The summed E-state index contributed by atoms with van der Waals surface area (Å²) in [5.41, 5.74) is 13.7. The van der Waals surface area contributed by atoms with E-state index in [9.17, 15) is 0 Å². The molecule has 0 saturated carbocycles. The molecule has 0 aliphatic carbocycles. The Bertz CT molecular complexity index is 3540. The zero-order valence-corrected chi connectivity index (χ0v) is 34.9. The summed E-state index contributed by atoms with van der Waals surface area (Å²) < 4.78 is 0. The summed E-state index contributed by atoms with van der Waals surface area (Å²) >= 11 is 0. The molecule has 1 heterocycles. The van der Waals surface area contributed by atoms with E-state index >= 15 is 0 Å². The predicted octanol–water partition coefficient (Wildman–Crippen LogP) is 16.1. The van der Waals surface area contributed by atoms with Gasteiger partial charge >= 0.3 is 0 Å². The third-order valence-corrected chi connectivity index (χ3v) is 12.5. The minimum Gasteiger partial charge on any atom is -0.208 e. The van der Waals surface area contributed by atoms with Gasteiger partial charge in [-0.3, -0.25) is 0 Å². The fourth-order valence-corrected chi connectivity index (χ4v) is 9.69. The first-order valence-electron chi connectivity index (χ1n) is 21.8. The van der Waals surface area contributed by atoms with Gasteiger partial charge in [0.05, 0.1) is 0 Å². The smallest absolute Gasteiger partial charge is 0.165 e. The van der Waals surface area contributed by atoms with Crippen LogP contribution in [-0.4, -0.2) is 15.0 Å². The summed E-state index contributed by atoms with van der Waals surface area (Å²) in [5.74, 6) is 1.82. The Morgan fingerprint density at radius 3 is 0.969 bits per heavy atom. The van der Waals surface area contributed by atoms with Crippen molar-refractivity contribution in [3.8, 4) is 89.8 Å². The molecule has 0 bridgehead atoms. The van der Waals surface area contributed by atoms with Gasteiger partial charge in [0.2, 0.25) is 0 Å². The summed E-state index contributed by atoms with van der Waals surface area (Å²) in [5, 5.41) is 7.35. The van der Waals surface area contributed by atoms with E-state index in [-0.39, 0.29) is 0 Å². The maximum Gasteiger partial charge on any atom is 0.165 e. The molecular weight excluding hydrogens is 775 g/mol. The minimum atomic E-state index is 0.598. The summed E-state index contributed by atoms with van der Waals surface area (Å²) in [6.07, 6.45) is 0. The van der Waals surface area contributed by atoms with E-state index in [0.29, 0.717) is 17.5 Å². The lowest BCUT2D eigenvalue weighted by Gasteiger charge is -2.29. The Morgan fingerprint density at radius 2 is 0.531 bits per heavy atom. The molecule has 298 valence electrons. The molecule has 3 heteroatoms. The van der Waals surface area contributed by atoms with Gasteiger partial charge in [-0.2, -0.15) is 0 Å². The van der Waals surface area contributed by atoms with Crippen LogP contribution in [-0.2, 0) is 0 Å². The van der Waals surface area contributed by atoms with E-state index in [1.165, 1.54) is 32.3 Å². The van der Waals surface area contributed by atoms with Crippen LogP contribution < -0.4 is 0 Å². The molecule has 12 aromatic rings. The zero-order valence-electron chi connectivity index (χ0n) is 34.9. The highest BCUT2D eigenvalue weighted by Gasteiger charge is 2.32. The number of rotatable bonds is 8. The van der Waals surface area contributed by atoms with E-state index in [1.807, 2.05) is 36.4 Å². The third-order valence-electron chi connectivity index (χ3n) is 12.5. The molecule has 0 aliphatic rings. The van der Waals surface area contributed by atoms with Crippen molar-refractivity contribution in [3.63, 3.8) is 0 Å². The molecule has 0 unspecified atom stereocenters. The molecule has 3 nitrogen and oxygen atoms in total. The summed E-state index contributed by atoms with van der Waals surface area (Å²) in [4.78, 5) is 16.4. The van der Waals surface area contributed by atoms with Crippen molar-refractivity contribution >= 4 is 32.3 Å². The van der Waals surface area contributed by atoms with Crippen LogP contribution in [0, 0.1) is 0 Å². The van der Waals surface area contributed by atoms with Crippen molar-refractivity contribution in [1.29, 1.82) is 0 Å².